The molecule has 1 saturated carbocycles. The monoisotopic (exact) mass is 414 g/mol. The van der Waals surface area contributed by atoms with Crippen LogP contribution in [0.2, 0.25) is 5.02 Å². The second-order valence-corrected chi connectivity index (χ2v) is 7.87. The smallest absolute Gasteiger partial charge is 0.290 e. The molecular formula is C20H23ClN6O2. The van der Waals surface area contributed by atoms with Crippen LogP contribution in [-0.2, 0) is 14.1 Å². The number of rotatable bonds is 6. The Morgan fingerprint density at radius 2 is 2.03 bits per heavy atom. The number of ether oxygens (including phenoxy) is 1. The molecule has 1 fully saturated rings. The van der Waals surface area contributed by atoms with Crippen molar-refractivity contribution in [1.29, 1.82) is 0 Å². The summed E-state index contributed by atoms with van der Waals surface area (Å²) in [4.78, 5) is 18.8. The average molecular weight is 415 g/mol. The van der Waals surface area contributed by atoms with Crippen LogP contribution in [0.25, 0.3) is 0 Å². The molecule has 8 nitrogen and oxygen atoms in total. The lowest BCUT2D eigenvalue weighted by molar-refractivity contribution is 0.278. The molecule has 0 saturated heterocycles. The van der Waals surface area contributed by atoms with Crippen molar-refractivity contribution >= 4 is 23.1 Å². The molecule has 9 heteroatoms. The van der Waals surface area contributed by atoms with Crippen LogP contribution in [0.1, 0.15) is 23.7 Å². The number of anilines is 2. The molecule has 2 atom stereocenters. The van der Waals surface area contributed by atoms with E-state index in [9.17, 15) is 4.79 Å². The minimum absolute atomic E-state index is 0.201. The van der Waals surface area contributed by atoms with Crippen LogP contribution in [0.3, 0.4) is 0 Å². The number of nitrogens with zero attached hydrogens (tertiary/aromatic N) is 6. The Kier molecular flexibility index (Phi) is 5.04. The molecule has 0 amide bonds. The number of hydrogen-bond acceptors (Lipinski definition) is 6. The molecule has 3 aromatic rings. The summed E-state index contributed by atoms with van der Waals surface area (Å²) in [5.41, 5.74) is 2.19. The van der Waals surface area contributed by atoms with Crippen molar-refractivity contribution in [3.8, 4) is 5.88 Å². The van der Waals surface area contributed by atoms with Crippen LogP contribution in [0.5, 0.6) is 5.88 Å². The zero-order valence-corrected chi connectivity index (χ0v) is 17.6. The van der Waals surface area contributed by atoms with Crippen molar-refractivity contribution in [2.24, 2.45) is 20.0 Å². The van der Waals surface area contributed by atoms with Crippen LogP contribution in [0.4, 0.5) is 11.5 Å². The van der Waals surface area contributed by atoms with Gasteiger partial charge in [0.05, 0.1) is 17.3 Å². The molecule has 0 bridgehead atoms. The lowest BCUT2D eigenvalue weighted by Crippen LogP contribution is -2.28. The van der Waals surface area contributed by atoms with Gasteiger partial charge in [0.25, 0.3) is 5.56 Å². The Balaban J connectivity index is 1.48. The second-order valence-electron chi connectivity index (χ2n) is 7.44. The third-order valence-electron chi connectivity index (χ3n) is 5.20. The molecule has 1 aliphatic carbocycles. The third-order valence-corrected chi connectivity index (χ3v) is 5.43. The Hall–Kier alpha value is -2.87. The molecule has 152 valence electrons. The summed E-state index contributed by atoms with van der Waals surface area (Å²) in [5.74, 6) is 1.98. The molecule has 3 heterocycles. The SMILES string of the molecule is Cc1cc(N(C)c2cc(OC[C@H]3C[C@@H]3c3ccc(Cl)cn3)nn(C)c2=O)n(C)n1. The fourth-order valence-corrected chi connectivity index (χ4v) is 3.62. The van der Waals surface area contributed by atoms with E-state index in [1.165, 1.54) is 4.68 Å². The highest BCUT2D eigenvalue weighted by atomic mass is 35.5. The van der Waals surface area contributed by atoms with E-state index in [0.29, 0.717) is 35.0 Å². The summed E-state index contributed by atoms with van der Waals surface area (Å²) in [6.45, 7) is 2.44. The lowest BCUT2D eigenvalue weighted by Gasteiger charge is -2.19. The van der Waals surface area contributed by atoms with Gasteiger partial charge in [-0.1, -0.05) is 11.6 Å². The van der Waals surface area contributed by atoms with Gasteiger partial charge in [-0.15, -0.1) is 5.10 Å². The number of aromatic nitrogens is 5. The minimum atomic E-state index is -0.201. The van der Waals surface area contributed by atoms with Crippen molar-refractivity contribution in [3.05, 3.63) is 57.2 Å². The van der Waals surface area contributed by atoms with Crippen molar-refractivity contribution < 1.29 is 4.74 Å². The number of aryl methyl sites for hydroxylation is 3. The van der Waals surface area contributed by atoms with Crippen LogP contribution in [-0.4, -0.2) is 38.2 Å². The molecule has 3 aromatic heterocycles. The van der Waals surface area contributed by atoms with Crippen LogP contribution in [0, 0.1) is 12.8 Å². The maximum Gasteiger partial charge on any atom is 0.290 e. The number of pyridine rings is 1. The van der Waals surface area contributed by atoms with Crippen molar-refractivity contribution in [2.45, 2.75) is 19.3 Å². The minimum Gasteiger partial charge on any atom is -0.476 e. The molecule has 0 unspecified atom stereocenters. The fourth-order valence-electron chi connectivity index (χ4n) is 3.50. The highest BCUT2D eigenvalue weighted by molar-refractivity contribution is 6.30. The molecule has 0 spiro atoms. The normalized spacial score (nSPS) is 18.0. The van der Waals surface area contributed by atoms with Gasteiger partial charge in [-0.3, -0.25) is 14.5 Å². The van der Waals surface area contributed by atoms with E-state index < -0.39 is 0 Å². The largest absolute Gasteiger partial charge is 0.476 e. The van der Waals surface area contributed by atoms with Crippen LogP contribution in [0.15, 0.2) is 35.3 Å². The van der Waals surface area contributed by atoms with Gasteiger partial charge in [-0.05, 0) is 25.5 Å². The first kappa shape index (κ1) is 19.4. The average Bonchev–Trinajstić information content (AvgIpc) is 3.38. The van der Waals surface area contributed by atoms with Crippen LogP contribution < -0.4 is 15.2 Å². The molecule has 0 aliphatic heterocycles. The summed E-state index contributed by atoms with van der Waals surface area (Å²) in [6, 6.07) is 7.42. The quantitative estimate of drug-likeness (QED) is 0.617. The molecule has 0 radical (unpaired) electrons. The van der Waals surface area contributed by atoms with E-state index in [1.54, 1.807) is 28.9 Å². The van der Waals surface area contributed by atoms with Gasteiger partial charge in [0, 0.05) is 57.0 Å². The molecule has 4 rings (SSSR count). The van der Waals surface area contributed by atoms with Gasteiger partial charge in [-0.25, -0.2) is 4.68 Å². The first-order chi connectivity index (χ1) is 13.8. The van der Waals surface area contributed by atoms with Gasteiger partial charge in [0.2, 0.25) is 5.88 Å². The predicted octanol–water partition coefficient (Wildman–Crippen LogP) is 2.82. The predicted molar refractivity (Wildman–Crippen MR) is 111 cm³/mol. The van der Waals surface area contributed by atoms with Gasteiger partial charge in [-0.2, -0.15) is 5.10 Å². The Morgan fingerprint density at radius 3 is 2.69 bits per heavy atom. The van der Waals surface area contributed by atoms with Gasteiger partial charge >= 0.3 is 0 Å². The van der Waals surface area contributed by atoms with E-state index in [-0.39, 0.29) is 5.56 Å². The highest BCUT2D eigenvalue weighted by Gasteiger charge is 2.40. The van der Waals surface area contributed by atoms with Gasteiger partial charge < -0.3 is 9.64 Å². The molecule has 29 heavy (non-hydrogen) atoms. The van der Waals surface area contributed by atoms with E-state index in [2.05, 4.69) is 15.2 Å². The Morgan fingerprint density at radius 1 is 1.24 bits per heavy atom. The summed E-state index contributed by atoms with van der Waals surface area (Å²) < 4.78 is 8.97. The van der Waals surface area contributed by atoms with E-state index >= 15 is 0 Å². The van der Waals surface area contributed by atoms with Crippen molar-refractivity contribution in [1.82, 2.24) is 24.5 Å². The number of hydrogen-bond donors (Lipinski definition) is 0. The maximum absolute atomic E-state index is 12.6. The lowest BCUT2D eigenvalue weighted by atomic mass is 10.2. The van der Waals surface area contributed by atoms with E-state index in [1.807, 2.05) is 39.2 Å². The third kappa shape index (κ3) is 3.98. The van der Waals surface area contributed by atoms with Crippen molar-refractivity contribution in [2.75, 3.05) is 18.6 Å². The Labute approximate surface area is 173 Å². The molecule has 0 N–H and O–H groups in total. The number of halogens is 1. The molecule has 1 aliphatic rings. The summed E-state index contributed by atoms with van der Waals surface area (Å²) >= 11 is 5.90. The summed E-state index contributed by atoms with van der Waals surface area (Å²) in [7, 11) is 5.30. The highest BCUT2D eigenvalue weighted by Crippen LogP contribution is 2.46. The van der Waals surface area contributed by atoms with E-state index in [0.717, 1.165) is 23.6 Å². The Bertz CT molecular complexity index is 1090. The van der Waals surface area contributed by atoms with Gasteiger partial charge in [0.1, 0.15) is 11.5 Å². The fraction of sp³-hybridized carbons (Fsp3) is 0.400. The zero-order chi connectivity index (χ0) is 20.7. The maximum atomic E-state index is 12.6. The molecular weight excluding hydrogens is 392 g/mol. The standard InChI is InChI=1S/C20H23ClN6O2/c1-12-7-19(26(3)23-12)25(2)17-9-18(24-27(4)20(17)28)29-11-13-8-15(13)16-6-5-14(21)10-22-16/h5-7,9-10,13,15H,8,11H2,1-4H3/t13-,15+/m1/s1. The van der Waals surface area contributed by atoms with Gasteiger partial charge in [0.15, 0.2) is 0 Å². The molecule has 0 aromatic carbocycles. The second kappa shape index (κ2) is 7.51. The summed E-state index contributed by atoms with van der Waals surface area (Å²) in [5, 5.41) is 9.23. The first-order valence-corrected chi connectivity index (χ1v) is 9.78. The van der Waals surface area contributed by atoms with Crippen LogP contribution >= 0.6 is 11.6 Å². The topological polar surface area (TPSA) is 78.1 Å². The first-order valence-electron chi connectivity index (χ1n) is 9.40. The van der Waals surface area contributed by atoms with Crippen molar-refractivity contribution in [3.63, 3.8) is 0 Å². The summed E-state index contributed by atoms with van der Waals surface area (Å²) in [6.07, 6.45) is 2.69. The zero-order valence-electron chi connectivity index (χ0n) is 16.8. The van der Waals surface area contributed by atoms with E-state index in [4.69, 9.17) is 16.3 Å².